The first-order chi connectivity index (χ1) is 8.84. The van der Waals surface area contributed by atoms with E-state index in [1.54, 1.807) is 10.9 Å². The van der Waals surface area contributed by atoms with Gasteiger partial charge < -0.3 is 0 Å². The molecule has 0 saturated heterocycles. The molecule has 0 aliphatic carbocycles. The fraction of sp³-hybridized carbons (Fsp3) is 0. The van der Waals surface area contributed by atoms with Crippen LogP contribution in [0, 0.1) is 5.82 Å². The molecule has 0 atom stereocenters. The van der Waals surface area contributed by atoms with E-state index in [2.05, 4.69) is 15.3 Å². The topological polar surface area (TPSA) is 43.6 Å². The third kappa shape index (κ3) is 1.86. The van der Waals surface area contributed by atoms with Crippen LogP contribution in [0.5, 0.6) is 0 Å². The van der Waals surface area contributed by atoms with E-state index in [0.717, 1.165) is 5.69 Å². The van der Waals surface area contributed by atoms with Crippen molar-refractivity contribution in [3.05, 3.63) is 60.7 Å². The Morgan fingerprint density at radius 2 is 1.89 bits per heavy atom. The molecule has 0 aliphatic heterocycles. The van der Waals surface area contributed by atoms with Crippen LogP contribution < -0.4 is 0 Å². The number of pyridine rings is 1. The molecule has 0 fully saturated rings. The lowest BCUT2D eigenvalue weighted by Crippen LogP contribution is -2.00. The van der Waals surface area contributed by atoms with Gasteiger partial charge in [0.25, 0.3) is 0 Å². The third-order valence-corrected chi connectivity index (χ3v) is 2.53. The molecule has 5 heteroatoms. The minimum Gasteiger partial charge on any atom is -0.254 e. The van der Waals surface area contributed by atoms with Crippen LogP contribution in [0.4, 0.5) is 4.39 Å². The van der Waals surface area contributed by atoms with Gasteiger partial charge in [0.05, 0.1) is 17.6 Å². The summed E-state index contributed by atoms with van der Waals surface area (Å²) in [5.41, 5.74) is 2.01. The number of rotatable bonds is 2. The predicted octanol–water partition coefficient (Wildman–Crippen LogP) is 2.47. The molecular weight excluding hydrogens is 231 g/mol. The zero-order chi connectivity index (χ0) is 12.4. The summed E-state index contributed by atoms with van der Waals surface area (Å²) < 4.78 is 14.8. The van der Waals surface area contributed by atoms with Gasteiger partial charge in [0.2, 0.25) is 0 Å². The Balaban J connectivity index is 2.13. The monoisotopic (exact) mass is 240 g/mol. The molecule has 3 aromatic rings. The second-order valence-electron chi connectivity index (χ2n) is 3.73. The Kier molecular flexibility index (Phi) is 2.57. The average molecular weight is 240 g/mol. The summed E-state index contributed by atoms with van der Waals surface area (Å²) in [6, 6.07) is 12.2. The van der Waals surface area contributed by atoms with Gasteiger partial charge in [-0.1, -0.05) is 23.4 Å². The molecule has 0 amide bonds. The number of hydrogen-bond acceptors (Lipinski definition) is 3. The van der Waals surface area contributed by atoms with Crippen molar-refractivity contribution in [1.82, 2.24) is 20.0 Å². The van der Waals surface area contributed by atoms with Crippen molar-refractivity contribution in [2.75, 3.05) is 0 Å². The van der Waals surface area contributed by atoms with Gasteiger partial charge in [0, 0.05) is 12.3 Å². The molecule has 0 radical (unpaired) electrons. The van der Waals surface area contributed by atoms with Crippen LogP contribution in [-0.4, -0.2) is 20.0 Å². The minimum absolute atomic E-state index is 0.333. The van der Waals surface area contributed by atoms with Crippen LogP contribution >= 0.6 is 0 Å². The lowest BCUT2D eigenvalue weighted by Gasteiger charge is -2.05. The Bertz CT molecular complexity index is 664. The standard InChI is InChI=1S/C13H9FN4/c14-10-6-7-15-12(8-10)13-9-16-17-18(13)11-4-2-1-3-5-11/h1-9H. The number of nitrogens with zero attached hydrogens (tertiary/aromatic N) is 4. The second-order valence-corrected chi connectivity index (χ2v) is 3.73. The van der Waals surface area contributed by atoms with Crippen LogP contribution in [0.25, 0.3) is 17.1 Å². The van der Waals surface area contributed by atoms with Gasteiger partial charge in [0.1, 0.15) is 11.5 Å². The van der Waals surface area contributed by atoms with E-state index in [1.807, 2.05) is 30.3 Å². The number of benzene rings is 1. The molecule has 2 heterocycles. The molecule has 0 N–H and O–H groups in total. The van der Waals surface area contributed by atoms with Gasteiger partial charge in [-0.2, -0.15) is 0 Å². The van der Waals surface area contributed by atoms with E-state index in [4.69, 9.17) is 0 Å². The highest BCUT2D eigenvalue weighted by Crippen LogP contribution is 2.19. The SMILES string of the molecule is Fc1ccnc(-c2cnnn2-c2ccccc2)c1. The third-order valence-electron chi connectivity index (χ3n) is 2.53. The van der Waals surface area contributed by atoms with E-state index < -0.39 is 0 Å². The summed E-state index contributed by atoms with van der Waals surface area (Å²) in [5, 5.41) is 7.85. The summed E-state index contributed by atoms with van der Waals surface area (Å²) in [6.07, 6.45) is 2.99. The van der Waals surface area contributed by atoms with Crippen LogP contribution in [-0.2, 0) is 0 Å². The van der Waals surface area contributed by atoms with Crippen LogP contribution in [0.3, 0.4) is 0 Å². The molecule has 1 aromatic carbocycles. The molecule has 0 unspecified atom stereocenters. The Morgan fingerprint density at radius 3 is 2.67 bits per heavy atom. The van der Waals surface area contributed by atoms with E-state index in [9.17, 15) is 4.39 Å². The van der Waals surface area contributed by atoms with Crippen LogP contribution in [0.15, 0.2) is 54.9 Å². The van der Waals surface area contributed by atoms with Crippen molar-refractivity contribution in [2.45, 2.75) is 0 Å². The Labute approximate surface area is 103 Å². The van der Waals surface area contributed by atoms with Crippen molar-refractivity contribution in [2.24, 2.45) is 0 Å². The molecule has 4 nitrogen and oxygen atoms in total. The lowest BCUT2D eigenvalue weighted by molar-refractivity contribution is 0.626. The molecule has 3 rings (SSSR count). The molecule has 0 bridgehead atoms. The van der Waals surface area contributed by atoms with Crippen LogP contribution in [0.1, 0.15) is 0 Å². The highest BCUT2D eigenvalue weighted by atomic mass is 19.1. The lowest BCUT2D eigenvalue weighted by atomic mass is 10.2. The first-order valence-electron chi connectivity index (χ1n) is 5.42. The normalized spacial score (nSPS) is 10.5. The van der Waals surface area contributed by atoms with Gasteiger partial charge in [-0.15, -0.1) is 5.10 Å². The zero-order valence-electron chi connectivity index (χ0n) is 9.36. The van der Waals surface area contributed by atoms with Crippen LogP contribution in [0.2, 0.25) is 0 Å². The van der Waals surface area contributed by atoms with Crippen molar-refractivity contribution in [3.8, 4) is 17.1 Å². The van der Waals surface area contributed by atoms with Crippen molar-refractivity contribution >= 4 is 0 Å². The second kappa shape index (κ2) is 4.37. The maximum atomic E-state index is 13.2. The molecule has 88 valence electrons. The van der Waals surface area contributed by atoms with E-state index in [1.165, 1.54) is 18.3 Å². The largest absolute Gasteiger partial charge is 0.254 e. The van der Waals surface area contributed by atoms with Gasteiger partial charge in [-0.3, -0.25) is 4.98 Å². The van der Waals surface area contributed by atoms with Crippen molar-refractivity contribution in [1.29, 1.82) is 0 Å². The summed E-state index contributed by atoms with van der Waals surface area (Å²) in [4.78, 5) is 4.13. The molecular formula is C13H9FN4. The molecule has 18 heavy (non-hydrogen) atoms. The highest BCUT2D eigenvalue weighted by molar-refractivity contribution is 5.56. The zero-order valence-corrected chi connectivity index (χ0v) is 9.36. The number of aromatic nitrogens is 4. The number of para-hydroxylation sites is 1. The maximum absolute atomic E-state index is 13.2. The summed E-state index contributed by atoms with van der Waals surface area (Å²) in [5.74, 6) is -0.333. The average Bonchev–Trinajstić information content (AvgIpc) is 2.89. The van der Waals surface area contributed by atoms with Gasteiger partial charge in [0.15, 0.2) is 0 Å². The fourth-order valence-electron chi connectivity index (χ4n) is 1.71. The van der Waals surface area contributed by atoms with Gasteiger partial charge in [-0.25, -0.2) is 9.07 Å². The van der Waals surface area contributed by atoms with Crippen molar-refractivity contribution in [3.63, 3.8) is 0 Å². The first kappa shape index (κ1) is 10.6. The fourth-order valence-corrected chi connectivity index (χ4v) is 1.71. The quantitative estimate of drug-likeness (QED) is 0.691. The first-order valence-corrected chi connectivity index (χ1v) is 5.42. The Hall–Kier alpha value is -2.56. The molecule has 2 aromatic heterocycles. The van der Waals surface area contributed by atoms with Gasteiger partial charge in [-0.05, 0) is 18.2 Å². The molecule has 0 saturated carbocycles. The smallest absolute Gasteiger partial charge is 0.126 e. The summed E-state index contributed by atoms with van der Waals surface area (Å²) >= 11 is 0. The number of hydrogen-bond donors (Lipinski definition) is 0. The summed E-state index contributed by atoms with van der Waals surface area (Å²) in [7, 11) is 0. The van der Waals surface area contributed by atoms with E-state index in [0.29, 0.717) is 11.4 Å². The molecule has 0 spiro atoms. The molecule has 0 aliphatic rings. The summed E-state index contributed by atoms with van der Waals surface area (Å²) in [6.45, 7) is 0. The van der Waals surface area contributed by atoms with E-state index in [-0.39, 0.29) is 5.82 Å². The predicted molar refractivity (Wildman–Crippen MR) is 64.5 cm³/mol. The minimum atomic E-state index is -0.333. The van der Waals surface area contributed by atoms with Gasteiger partial charge >= 0.3 is 0 Å². The maximum Gasteiger partial charge on any atom is 0.126 e. The number of halogens is 1. The van der Waals surface area contributed by atoms with E-state index >= 15 is 0 Å². The Morgan fingerprint density at radius 1 is 1.06 bits per heavy atom. The van der Waals surface area contributed by atoms with Crippen molar-refractivity contribution < 1.29 is 4.39 Å². The highest BCUT2D eigenvalue weighted by Gasteiger charge is 2.10.